The monoisotopic (exact) mass is 415 g/mol. The topological polar surface area (TPSA) is 104 Å². The van der Waals surface area contributed by atoms with Crippen LogP contribution in [0.1, 0.15) is 11.5 Å². The van der Waals surface area contributed by atoms with Crippen LogP contribution in [0.3, 0.4) is 0 Å². The molecular formula is C19H17N3O4S2. The second-order valence-corrected chi connectivity index (χ2v) is 9.65. The van der Waals surface area contributed by atoms with Crippen LogP contribution < -0.4 is 0 Å². The Morgan fingerprint density at radius 1 is 1.07 bits per heavy atom. The van der Waals surface area contributed by atoms with Crippen molar-refractivity contribution in [2.45, 2.75) is 16.1 Å². The summed E-state index contributed by atoms with van der Waals surface area (Å²) in [5.41, 5.74) is 0.373. The Kier molecular flexibility index (Phi) is 4.72. The Balaban J connectivity index is 1.98. The molecule has 2 atom stereocenters. The Morgan fingerprint density at radius 3 is 2.29 bits per heavy atom. The lowest BCUT2D eigenvalue weighted by atomic mass is 9.89. The third kappa shape index (κ3) is 2.91. The SMILES string of the molecule is N=C1C(S(=O)(=O)c2ccccc2)C(c2ccccc2)C([N+](=O)[O-])=C2SCCN12. The first kappa shape index (κ1) is 18.7. The summed E-state index contributed by atoms with van der Waals surface area (Å²) in [5, 5.41) is 19.7. The average Bonchev–Trinajstić information content (AvgIpc) is 3.18. The number of fused-ring (bicyclic) bond motifs is 1. The Morgan fingerprint density at radius 2 is 1.68 bits per heavy atom. The predicted molar refractivity (Wildman–Crippen MR) is 108 cm³/mol. The van der Waals surface area contributed by atoms with Gasteiger partial charge in [0, 0.05) is 12.3 Å². The van der Waals surface area contributed by atoms with E-state index in [9.17, 15) is 18.5 Å². The molecule has 2 heterocycles. The van der Waals surface area contributed by atoms with Crippen molar-refractivity contribution in [3.63, 3.8) is 0 Å². The first-order valence-corrected chi connectivity index (χ1v) is 11.2. The molecule has 0 saturated carbocycles. The number of allylic oxidation sites excluding steroid dienone is 1. The van der Waals surface area contributed by atoms with Gasteiger partial charge in [-0.15, -0.1) is 0 Å². The minimum Gasteiger partial charge on any atom is -0.318 e. The van der Waals surface area contributed by atoms with Gasteiger partial charge in [-0.25, -0.2) is 8.42 Å². The lowest BCUT2D eigenvalue weighted by molar-refractivity contribution is -0.431. The maximum atomic E-state index is 13.5. The van der Waals surface area contributed by atoms with E-state index >= 15 is 0 Å². The average molecular weight is 415 g/mol. The Hall–Kier alpha value is -2.65. The number of nitro groups is 1. The largest absolute Gasteiger partial charge is 0.318 e. The van der Waals surface area contributed by atoms with E-state index in [1.807, 2.05) is 0 Å². The van der Waals surface area contributed by atoms with Crippen molar-refractivity contribution in [2.75, 3.05) is 12.3 Å². The van der Waals surface area contributed by atoms with Crippen molar-refractivity contribution in [1.82, 2.24) is 4.90 Å². The summed E-state index contributed by atoms with van der Waals surface area (Å²) in [6, 6.07) is 16.4. The summed E-state index contributed by atoms with van der Waals surface area (Å²) in [6.45, 7) is 0.387. The molecule has 2 unspecified atom stereocenters. The molecule has 0 aromatic heterocycles. The standard InChI is InChI=1S/C19H17N3O4S2/c20-18-17(28(25,26)14-9-5-2-6-10-14)15(13-7-3-1-4-8-13)16(22(23)24)19-21(18)11-12-27-19/h1-10,15,17,20H,11-12H2. The number of hydrogen-bond acceptors (Lipinski definition) is 6. The molecule has 1 N–H and O–H groups in total. The molecule has 2 aromatic rings. The fourth-order valence-electron chi connectivity index (χ4n) is 3.71. The molecule has 144 valence electrons. The smallest absolute Gasteiger partial charge is 0.285 e. The minimum atomic E-state index is -4.03. The summed E-state index contributed by atoms with van der Waals surface area (Å²) >= 11 is 1.30. The highest BCUT2D eigenvalue weighted by Crippen LogP contribution is 2.46. The van der Waals surface area contributed by atoms with Crippen LogP contribution in [0, 0.1) is 15.5 Å². The van der Waals surface area contributed by atoms with Crippen molar-refractivity contribution < 1.29 is 13.3 Å². The zero-order valence-electron chi connectivity index (χ0n) is 14.7. The zero-order chi connectivity index (χ0) is 19.9. The van der Waals surface area contributed by atoms with Gasteiger partial charge in [0.1, 0.15) is 17.0 Å². The van der Waals surface area contributed by atoms with Gasteiger partial charge in [-0.05, 0) is 17.7 Å². The Labute approximate surface area is 166 Å². The first-order chi connectivity index (χ1) is 13.4. The second kappa shape index (κ2) is 7.06. The van der Waals surface area contributed by atoms with Gasteiger partial charge >= 0.3 is 0 Å². The van der Waals surface area contributed by atoms with Crippen molar-refractivity contribution in [1.29, 1.82) is 5.41 Å². The minimum absolute atomic E-state index is 0.0590. The van der Waals surface area contributed by atoms with Crippen molar-refractivity contribution in [3.8, 4) is 0 Å². The summed E-state index contributed by atoms with van der Waals surface area (Å²) in [6.07, 6.45) is 0. The summed E-state index contributed by atoms with van der Waals surface area (Å²) < 4.78 is 27.0. The molecule has 28 heavy (non-hydrogen) atoms. The molecule has 9 heteroatoms. The lowest BCUT2D eigenvalue weighted by Gasteiger charge is -2.35. The molecule has 0 bridgehead atoms. The fraction of sp³-hybridized carbons (Fsp3) is 0.211. The van der Waals surface area contributed by atoms with Crippen LogP contribution >= 0.6 is 11.8 Å². The van der Waals surface area contributed by atoms with Gasteiger partial charge in [-0.3, -0.25) is 15.5 Å². The fourth-order valence-corrected chi connectivity index (χ4v) is 6.77. The van der Waals surface area contributed by atoms with Crippen LogP contribution in [0.2, 0.25) is 0 Å². The van der Waals surface area contributed by atoms with Crippen molar-refractivity contribution >= 4 is 27.4 Å². The van der Waals surface area contributed by atoms with Gasteiger partial charge in [0.05, 0.1) is 9.82 Å². The zero-order valence-corrected chi connectivity index (χ0v) is 16.3. The maximum absolute atomic E-state index is 13.5. The summed E-state index contributed by atoms with van der Waals surface area (Å²) in [7, 11) is -4.03. The van der Waals surface area contributed by atoms with E-state index in [1.165, 1.54) is 28.8 Å². The van der Waals surface area contributed by atoms with Crippen LogP contribution in [-0.4, -0.2) is 41.6 Å². The molecule has 0 aliphatic carbocycles. The number of sulfone groups is 1. The van der Waals surface area contributed by atoms with Crippen LogP contribution in [0.4, 0.5) is 0 Å². The first-order valence-electron chi connectivity index (χ1n) is 8.64. The molecular weight excluding hydrogens is 398 g/mol. The van der Waals surface area contributed by atoms with Gasteiger partial charge in [-0.2, -0.15) is 0 Å². The molecule has 0 radical (unpaired) electrons. The molecule has 0 spiro atoms. The van der Waals surface area contributed by atoms with E-state index in [4.69, 9.17) is 5.41 Å². The molecule has 2 aliphatic heterocycles. The van der Waals surface area contributed by atoms with E-state index in [1.54, 1.807) is 48.5 Å². The van der Waals surface area contributed by atoms with Gasteiger partial charge in [0.2, 0.25) is 0 Å². The number of amidine groups is 1. The highest BCUT2D eigenvalue weighted by molar-refractivity contribution is 8.03. The Bertz CT molecular complexity index is 1070. The molecule has 1 saturated heterocycles. The lowest BCUT2D eigenvalue weighted by Crippen LogP contribution is -2.49. The number of hydrogen-bond donors (Lipinski definition) is 1. The van der Waals surface area contributed by atoms with E-state index in [2.05, 4.69) is 0 Å². The summed E-state index contributed by atoms with van der Waals surface area (Å²) in [4.78, 5) is 13.1. The van der Waals surface area contributed by atoms with Gasteiger partial charge in [-0.1, -0.05) is 60.3 Å². The van der Waals surface area contributed by atoms with Gasteiger partial charge in [0.25, 0.3) is 5.70 Å². The molecule has 4 rings (SSSR count). The molecule has 1 fully saturated rings. The van der Waals surface area contributed by atoms with E-state index in [0.717, 1.165) is 0 Å². The highest BCUT2D eigenvalue weighted by atomic mass is 32.2. The van der Waals surface area contributed by atoms with Crippen LogP contribution in [0.15, 0.2) is 76.3 Å². The van der Waals surface area contributed by atoms with Crippen molar-refractivity contribution in [2.24, 2.45) is 0 Å². The van der Waals surface area contributed by atoms with Crippen LogP contribution in [-0.2, 0) is 9.84 Å². The second-order valence-electron chi connectivity index (χ2n) is 6.50. The number of nitrogens with one attached hydrogen (secondary N) is 1. The quantitative estimate of drug-likeness (QED) is 0.608. The molecule has 2 aromatic carbocycles. The number of nitrogens with zero attached hydrogens (tertiary/aromatic N) is 2. The van der Waals surface area contributed by atoms with Crippen molar-refractivity contribution in [3.05, 3.63) is 87.1 Å². The summed E-state index contributed by atoms with van der Waals surface area (Å²) in [5.74, 6) is -0.580. The van der Waals surface area contributed by atoms with E-state index in [-0.39, 0.29) is 16.4 Å². The normalized spacial score (nSPS) is 22.3. The number of thioether (sulfide) groups is 1. The number of benzene rings is 2. The highest BCUT2D eigenvalue weighted by Gasteiger charge is 2.54. The van der Waals surface area contributed by atoms with Gasteiger partial charge < -0.3 is 4.90 Å². The van der Waals surface area contributed by atoms with Gasteiger partial charge in [0.15, 0.2) is 14.9 Å². The third-order valence-corrected chi connectivity index (χ3v) is 8.12. The molecule has 7 nitrogen and oxygen atoms in total. The van der Waals surface area contributed by atoms with E-state index in [0.29, 0.717) is 22.9 Å². The maximum Gasteiger partial charge on any atom is 0.285 e. The third-order valence-electron chi connectivity index (χ3n) is 4.94. The predicted octanol–water partition coefficient (Wildman–Crippen LogP) is 3.10. The van der Waals surface area contributed by atoms with E-state index < -0.39 is 25.9 Å². The molecule has 0 amide bonds. The molecule has 2 aliphatic rings. The number of rotatable bonds is 4. The van der Waals surface area contributed by atoms with Crippen LogP contribution in [0.5, 0.6) is 0 Å². The van der Waals surface area contributed by atoms with Crippen LogP contribution in [0.25, 0.3) is 0 Å².